The molecule has 3 aromatic heterocycles. The van der Waals surface area contributed by atoms with Gasteiger partial charge in [0.15, 0.2) is 20.8 Å². The van der Waals surface area contributed by atoms with Gasteiger partial charge in [-0.2, -0.15) is 0 Å². The van der Waals surface area contributed by atoms with Gasteiger partial charge in [0.2, 0.25) is 5.91 Å². The van der Waals surface area contributed by atoms with Crippen LogP contribution in [0.15, 0.2) is 44.7 Å². The highest BCUT2D eigenvalue weighted by atomic mass is 32.2. The smallest absolute Gasteiger partial charge is 0.233 e. The minimum atomic E-state index is -3.12. The first-order valence-corrected chi connectivity index (χ1v) is 12.8. The number of sulfone groups is 1. The molecule has 9 nitrogen and oxygen atoms in total. The molecule has 4 heterocycles. The molecule has 31 heavy (non-hydrogen) atoms. The van der Waals surface area contributed by atoms with Crippen molar-refractivity contribution in [1.82, 2.24) is 19.7 Å². The van der Waals surface area contributed by atoms with Crippen molar-refractivity contribution in [3.8, 4) is 11.4 Å². The van der Waals surface area contributed by atoms with Gasteiger partial charge in [-0.15, -0.1) is 10.2 Å². The molecule has 0 radical (unpaired) electrons. The Morgan fingerprint density at radius 1 is 1.29 bits per heavy atom. The quantitative estimate of drug-likeness (QED) is 0.468. The molecule has 4 rings (SSSR count). The number of rotatable bonds is 8. The van der Waals surface area contributed by atoms with Crippen molar-refractivity contribution < 1.29 is 22.0 Å². The molecule has 0 N–H and O–H groups in total. The number of aryl methyl sites for hydroxylation is 1. The molecule has 1 aliphatic rings. The fourth-order valence-corrected chi connectivity index (χ4v) is 6.34. The normalized spacial score (nSPS) is 17.8. The molecular weight excluding hydrogens is 440 g/mol. The number of nitrogens with zero attached hydrogens (tertiary/aromatic N) is 4. The van der Waals surface area contributed by atoms with E-state index in [0.29, 0.717) is 29.7 Å². The predicted octanol–water partition coefficient (Wildman–Crippen LogP) is 2.77. The molecule has 0 unspecified atom stereocenters. The molecule has 3 aromatic rings. The molecule has 0 aromatic carbocycles. The van der Waals surface area contributed by atoms with Crippen LogP contribution in [0.1, 0.15) is 24.9 Å². The van der Waals surface area contributed by atoms with Crippen molar-refractivity contribution in [3.63, 3.8) is 0 Å². The molecule has 1 saturated heterocycles. The SMILES string of the molecule is CCn1c(SCC(=O)N(Cc2ccco2)[C@H]2CCS(=O)(=O)C2)nnc1-c1ccoc1C. The van der Waals surface area contributed by atoms with Crippen molar-refractivity contribution in [2.24, 2.45) is 0 Å². The van der Waals surface area contributed by atoms with Gasteiger partial charge in [-0.25, -0.2) is 8.42 Å². The van der Waals surface area contributed by atoms with Gasteiger partial charge in [-0.3, -0.25) is 4.79 Å². The Kier molecular flexibility index (Phi) is 6.24. The maximum absolute atomic E-state index is 13.1. The first-order valence-electron chi connectivity index (χ1n) is 10.0. The van der Waals surface area contributed by atoms with Crippen molar-refractivity contribution in [2.75, 3.05) is 17.3 Å². The summed E-state index contributed by atoms with van der Waals surface area (Å²) in [6.07, 6.45) is 3.59. The number of thioether (sulfide) groups is 1. The van der Waals surface area contributed by atoms with Crippen molar-refractivity contribution in [1.29, 1.82) is 0 Å². The second-order valence-electron chi connectivity index (χ2n) is 7.39. The summed E-state index contributed by atoms with van der Waals surface area (Å²) in [5.74, 6) is 2.12. The van der Waals surface area contributed by atoms with Gasteiger partial charge < -0.3 is 18.3 Å². The summed E-state index contributed by atoms with van der Waals surface area (Å²) in [6, 6.07) is 5.03. The van der Waals surface area contributed by atoms with Gasteiger partial charge in [0.05, 0.1) is 41.9 Å². The second kappa shape index (κ2) is 8.91. The molecule has 1 aliphatic heterocycles. The van der Waals surface area contributed by atoms with Crippen molar-refractivity contribution >= 4 is 27.5 Å². The largest absolute Gasteiger partial charge is 0.469 e. The zero-order valence-corrected chi connectivity index (χ0v) is 19.0. The van der Waals surface area contributed by atoms with Crippen LogP contribution in [0.3, 0.4) is 0 Å². The Balaban J connectivity index is 1.50. The van der Waals surface area contributed by atoms with E-state index in [4.69, 9.17) is 8.83 Å². The van der Waals surface area contributed by atoms with Gasteiger partial charge in [-0.05, 0) is 38.5 Å². The average Bonchev–Trinajstić information content (AvgIpc) is 3.51. The predicted molar refractivity (Wildman–Crippen MR) is 115 cm³/mol. The summed E-state index contributed by atoms with van der Waals surface area (Å²) in [5.41, 5.74) is 0.864. The molecule has 11 heteroatoms. The molecule has 166 valence electrons. The van der Waals surface area contributed by atoms with E-state index in [0.717, 1.165) is 11.3 Å². The summed E-state index contributed by atoms with van der Waals surface area (Å²) < 4.78 is 36.7. The fraction of sp³-hybridized carbons (Fsp3) is 0.450. The Morgan fingerprint density at radius 3 is 2.74 bits per heavy atom. The molecule has 0 spiro atoms. The number of amides is 1. The average molecular weight is 465 g/mol. The van der Waals surface area contributed by atoms with Gasteiger partial charge in [-0.1, -0.05) is 11.8 Å². The maximum Gasteiger partial charge on any atom is 0.233 e. The lowest BCUT2D eigenvalue weighted by Crippen LogP contribution is -2.41. The van der Waals surface area contributed by atoms with Gasteiger partial charge in [0.1, 0.15) is 11.5 Å². The molecule has 0 aliphatic carbocycles. The van der Waals surface area contributed by atoms with Crippen LogP contribution in [0.2, 0.25) is 0 Å². The number of carbonyl (C=O) groups is 1. The Bertz CT molecular complexity index is 1150. The van der Waals surface area contributed by atoms with Crippen LogP contribution < -0.4 is 0 Å². The maximum atomic E-state index is 13.1. The first-order chi connectivity index (χ1) is 14.9. The Morgan fingerprint density at radius 2 is 2.13 bits per heavy atom. The van der Waals surface area contributed by atoms with Crippen LogP contribution in [0.4, 0.5) is 0 Å². The lowest BCUT2D eigenvalue weighted by Gasteiger charge is -2.27. The second-order valence-corrected chi connectivity index (χ2v) is 10.6. The summed E-state index contributed by atoms with van der Waals surface area (Å²) in [4.78, 5) is 14.7. The van der Waals surface area contributed by atoms with E-state index in [1.54, 1.807) is 29.6 Å². The van der Waals surface area contributed by atoms with Gasteiger partial charge in [0, 0.05) is 12.6 Å². The molecule has 1 atom stereocenters. The molecular formula is C20H24N4O5S2. The third-order valence-electron chi connectivity index (χ3n) is 5.33. The zero-order chi connectivity index (χ0) is 22.0. The van der Waals surface area contributed by atoms with E-state index >= 15 is 0 Å². The van der Waals surface area contributed by atoms with Crippen LogP contribution in [0, 0.1) is 6.92 Å². The number of furan rings is 2. The van der Waals surface area contributed by atoms with Crippen LogP contribution in [0.5, 0.6) is 0 Å². The molecule has 0 bridgehead atoms. The molecule has 0 saturated carbocycles. The highest BCUT2D eigenvalue weighted by Crippen LogP contribution is 2.28. The van der Waals surface area contributed by atoms with E-state index in [1.165, 1.54) is 11.8 Å². The minimum Gasteiger partial charge on any atom is -0.469 e. The van der Waals surface area contributed by atoms with Crippen LogP contribution >= 0.6 is 11.8 Å². The van der Waals surface area contributed by atoms with Gasteiger partial charge in [0.25, 0.3) is 0 Å². The number of hydrogen-bond acceptors (Lipinski definition) is 8. The van der Waals surface area contributed by atoms with Crippen LogP contribution in [-0.2, 0) is 27.7 Å². The summed E-state index contributed by atoms with van der Waals surface area (Å²) in [6.45, 7) is 4.73. The van der Waals surface area contributed by atoms with Crippen LogP contribution in [0.25, 0.3) is 11.4 Å². The standard InChI is InChI=1S/C20H24N4O5S2/c1-3-23-19(17-6-9-28-14(17)2)21-22-20(23)30-12-18(25)24(11-16-5-4-8-29-16)15-7-10-31(26,27)13-15/h4-6,8-9,15H,3,7,10-13H2,1-2H3/t15-/m0/s1. The Hall–Kier alpha value is -2.53. The first kappa shape index (κ1) is 21.7. The van der Waals surface area contributed by atoms with E-state index in [1.807, 2.05) is 24.5 Å². The lowest BCUT2D eigenvalue weighted by atomic mass is 10.2. The number of hydrogen-bond donors (Lipinski definition) is 0. The third kappa shape index (κ3) is 4.72. The Labute approximate surface area is 184 Å². The van der Waals surface area contributed by atoms with E-state index in [-0.39, 0.29) is 35.8 Å². The zero-order valence-electron chi connectivity index (χ0n) is 17.4. The molecule has 1 amide bonds. The van der Waals surface area contributed by atoms with E-state index in [9.17, 15) is 13.2 Å². The third-order valence-corrected chi connectivity index (χ3v) is 8.04. The highest BCUT2D eigenvalue weighted by molar-refractivity contribution is 7.99. The van der Waals surface area contributed by atoms with Crippen LogP contribution in [-0.4, -0.2) is 57.3 Å². The highest BCUT2D eigenvalue weighted by Gasteiger charge is 2.35. The van der Waals surface area contributed by atoms with E-state index < -0.39 is 9.84 Å². The molecule has 1 fully saturated rings. The monoisotopic (exact) mass is 464 g/mol. The summed E-state index contributed by atoms with van der Waals surface area (Å²) in [5, 5.41) is 9.17. The number of carbonyl (C=O) groups excluding carboxylic acids is 1. The number of aromatic nitrogens is 3. The fourth-order valence-electron chi connectivity index (χ4n) is 3.72. The summed E-state index contributed by atoms with van der Waals surface area (Å²) in [7, 11) is -3.12. The lowest BCUT2D eigenvalue weighted by molar-refractivity contribution is -0.131. The minimum absolute atomic E-state index is 0.0147. The topological polar surface area (TPSA) is 111 Å². The van der Waals surface area contributed by atoms with Crippen molar-refractivity contribution in [3.05, 3.63) is 42.2 Å². The van der Waals surface area contributed by atoms with Gasteiger partial charge >= 0.3 is 0 Å². The van der Waals surface area contributed by atoms with Crippen molar-refractivity contribution in [2.45, 2.75) is 44.6 Å². The van der Waals surface area contributed by atoms with E-state index in [2.05, 4.69) is 10.2 Å². The summed E-state index contributed by atoms with van der Waals surface area (Å²) >= 11 is 1.29.